The summed E-state index contributed by atoms with van der Waals surface area (Å²) in [7, 11) is 0. The van der Waals surface area contributed by atoms with Crippen LogP contribution >= 0.6 is 0 Å². The molecule has 0 radical (unpaired) electrons. The Morgan fingerprint density at radius 1 is 1.38 bits per heavy atom. The molecule has 13 heavy (non-hydrogen) atoms. The second-order valence-corrected chi connectivity index (χ2v) is 4.78. The highest BCUT2D eigenvalue weighted by atomic mass is 16.4. The van der Waals surface area contributed by atoms with Gasteiger partial charge >= 0.3 is 5.97 Å². The van der Waals surface area contributed by atoms with Crippen molar-refractivity contribution >= 4 is 5.97 Å². The van der Waals surface area contributed by atoms with Crippen LogP contribution in [0, 0.1) is 11.3 Å². The summed E-state index contributed by atoms with van der Waals surface area (Å²) in [4.78, 5) is 10.5. The molecule has 1 fully saturated rings. The zero-order valence-corrected chi connectivity index (χ0v) is 8.29. The Hall–Kier alpha value is -0.570. The van der Waals surface area contributed by atoms with Crippen LogP contribution in [0.3, 0.4) is 0 Å². The van der Waals surface area contributed by atoms with E-state index in [1.165, 1.54) is 0 Å². The quantitative estimate of drug-likeness (QED) is 0.689. The molecule has 3 nitrogen and oxygen atoms in total. The van der Waals surface area contributed by atoms with E-state index >= 15 is 0 Å². The van der Waals surface area contributed by atoms with Gasteiger partial charge in [-0.1, -0.05) is 13.8 Å². The monoisotopic (exact) mass is 186 g/mol. The molecule has 0 aromatic heterocycles. The number of hydrogen-bond donors (Lipinski definition) is 2. The number of aliphatic hydroxyl groups is 1. The standard InChI is InChI=1S/C10H18O3/c1-10(2)5-3-7(4-6-10)8(11)9(12)13/h7-8,11H,3-6H2,1-2H3,(H,12,13). The Bertz CT molecular complexity index is 188. The third-order valence-electron chi connectivity index (χ3n) is 3.08. The summed E-state index contributed by atoms with van der Waals surface area (Å²) in [5.74, 6) is -1.12. The Balaban J connectivity index is 2.45. The summed E-state index contributed by atoms with van der Waals surface area (Å²) in [6, 6.07) is 0. The Kier molecular flexibility index (Phi) is 2.96. The minimum Gasteiger partial charge on any atom is -0.479 e. The van der Waals surface area contributed by atoms with Crippen LogP contribution in [0.1, 0.15) is 39.5 Å². The van der Waals surface area contributed by atoms with Gasteiger partial charge in [0.05, 0.1) is 0 Å². The minimum atomic E-state index is -1.16. The molecule has 0 aromatic carbocycles. The lowest BCUT2D eigenvalue weighted by Gasteiger charge is -2.35. The van der Waals surface area contributed by atoms with Crippen molar-refractivity contribution in [3.63, 3.8) is 0 Å². The highest BCUT2D eigenvalue weighted by Gasteiger charge is 2.33. The minimum absolute atomic E-state index is 0.0366. The number of carbonyl (C=O) groups is 1. The number of carboxylic acid groups (broad SMARTS) is 1. The number of hydrogen-bond acceptors (Lipinski definition) is 2. The highest BCUT2D eigenvalue weighted by Crippen LogP contribution is 2.39. The van der Waals surface area contributed by atoms with Gasteiger partial charge in [0.1, 0.15) is 0 Å². The molecule has 0 aliphatic heterocycles. The maximum absolute atomic E-state index is 10.5. The maximum Gasteiger partial charge on any atom is 0.332 e. The van der Waals surface area contributed by atoms with Gasteiger partial charge in [-0.05, 0) is 37.0 Å². The predicted molar refractivity (Wildman–Crippen MR) is 49.4 cm³/mol. The molecule has 0 bridgehead atoms. The molecular formula is C10H18O3. The van der Waals surface area contributed by atoms with Gasteiger partial charge in [0, 0.05) is 0 Å². The highest BCUT2D eigenvalue weighted by molar-refractivity contribution is 5.72. The fourth-order valence-electron chi connectivity index (χ4n) is 1.94. The SMILES string of the molecule is CC1(C)CCC(C(O)C(=O)O)CC1. The Morgan fingerprint density at radius 2 is 1.85 bits per heavy atom. The second kappa shape index (κ2) is 3.66. The van der Waals surface area contributed by atoms with Crippen LogP contribution in [0.25, 0.3) is 0 Å². The van der Waals surface area contributed by atoms with E-state index in [0.717, 1.165) is 25.7 Å². The van der Waals surface area contributed by atoms with E-state index in [9.17, 15) is 9.90 Å². The average molecular weight is 186 g/mol. The van der Waals surface area contributed by atoms with Crippen LogP contribution in [0.2, 0.25) is 0 Å². The predicted octanol–water partition coefficient (Wildman–Crippen LogP) is 1.65. The van der Waals surface area contributed by atoms with Gasteiger partial charge in [0.15, 0.2) is 6.10 Å². The Labute approximate surface area is 78.8 Å². The van der Waals surface area contributed by atoms with Gasteiger partial charge in [0.2, 0.25) is 0 Å². The van der Waals surface area contributed by atoms with Gasteiger partial charge in [-0.3, -0.25) is 0 Å². The van der Waals surface area contributed by atoms with Crippen molar-refractivity contribution in [1.82, 2.24) is 0 Å². The van der Waals surface area contributed by atoms with Crippen LogP contribution < -0.4 is 0 Å². The van der Waals surface area contributed by atoms with E-state index in [4.69, 9.17) is 5.11 Å². The molecule has 3 heteroatoms. The van der Waals surface area contributed by atoms with Crippen molar-refractivity contribution < 1.29 is 15.0 Å². The number of carboxylic acids is 1. The van der Waals surface area contributed by atoms with E-state index in [0.29, 0.717) is 5.41 Å². The van der Waals surface area contributed by atoms with Gasteiger partial charge in [0.25, 0.3) is 0 Å². The van der Waals surface area contributed by atoms with Crippen LogP contribution in [0.15, 0.2) is 0 Å². The van der Waals surface area contributed by atoms with E-state index in [2.05, 4.69) is 13.8 Å². The second-order valence-electron chi connectivity index (χ2n) is 4.78. The summed E-state index contributed by atoms with van der Waals surface area (Å²) in [6.45, 7) is 4.38. The van der Waals surface area contributed by atoms with E-state index in [1.54, 1.807) is 0 Å². The number of aliphatic carboxylic acids is 1. The van der Waals surface area contributed by atoms with E-state index in [1.807, 2.05) is 0 Å². The summed E-state index contributed by atoms with van der Waals surface area (Å²) in [6.07, 6.45) is 2.54. The molecule has 1 saturated carbocycles. The van der Waals surface area contributed by atoms with Gasteiger partial charge in [-0.2, -0.15) is 0 Å². The zero-order chi connectivity index (χ0) is 10.1. The van der Waals surface area contributed by atoms with Crippen LogP contribution in [0.4, 0.5) is 0 Å². The first kappa shape index (κ1) is 10.5. The molecule has 1 atom stereocenters. The molecule has 0 heterocycles. The smallest absolute Gasteiger partial charge is 0.332 e. The molecule has 0 saturated heterocycles. The molecule has 1 unspecified atom stereocenters. The summed E-state index contributed by atoms with van der Waals surface area (Å²) in [5.41, 5.74) is 0.328. The van der Waals surface area contributed by atoms with Crippen molar-refractivity contribution in [1.29, 1.82) is 0 Å². The molecular weight excluding hydrogens is 168 g/mol. The molecule has 2 N–H and O–H groups in total. The van der Waals surface area contributed by atoms with Crippen molar-refractivity contribution in [2.75, 3.05) is 0 Å². The van der Waals surface area contributed by atoms with Crippen molar-refractivity contribution in [3.05, 3.63) is 0 Å². The topological polar surface area (TPSA) is 57.5 Å². The fourth-order valence-corrected chi connectivity index (χ4v) is 1.94. The Morgan fingerprint density at radius 3 is 2.23 bits per heavy atom. The maximum atomic E-state index is 10.5. The zero-order valence-electron chi connectivity index (χ0n) is 8.29. The lowest BCUT2D eigenvalue weighted by molar-refractivity contribution is -0.150. The van der Waals surface area contributed by atoms with E-state index < -0.39 is 12.1 Å². The number of aliphatic hydroxyl groups excluding tert-OH is 1. The normalized spacial score (nSPS) is 25.5. The van der Waals surface area contributed by atoms with Crippen molar-refractivity contribution in [2.45, 2.75) is 45.6 Å². The lowest BCUT2D eigenvalue weighted by Crippen LogP contribution is -2.34. The average Bonchev–Trinajstić information content (AvgIpc) is 2.03. The van der Waals surface area contributed by atoms with Crippen LogP contribution in [-0.4, -0.2) is 22.3 Å². The molecule has 1 aliphatic rings. The first-order valence-corrected chi connectivity index (χ1v) is 4.83. The van der Waals surface area contributed by atoms with Gasteiger partial charge in [-0.15, -0.1) is 0 Å². The summed E-state index contributed by atoms with van der Waals surface area (Å²) >= 11 is 0. The molecule has 1 rings (SSSR count). The van der Waals surface area contributed by atoms with Crippen LogP contribution in [0.5, 0.6) is 0 Å². The molecule has 76 valence electrons. The fraction of sp³-hybridized carbons (Fsp3) is 0.900. The molecule has 0 amide bonds. The third-order valence-corrected chi connectivity index (χ3v) is 3.08. The van der Waals surface area contributed by atoms with Gasteiger partial charge < -0.3 is 10.2 Å². The largest absolute Gasteiger partial charge is 0.479 e. The summed E-state index contributed by atoms with van der Waals surface area (Å²) in [5, 5.41) is 17.9. The van der Waals surface area contributed by atoms with Crippen LogP contribution in [-0.2, 0) is 4.79 Å². The summed E-state index contributed by atoms with van der Waals surface area (Å²) < 4.78 is 0. The first-order chi connectivity index (χ1) is 5.92. The molecule has 1 aliphatic carbocycles. The molecule has 0 spiro atoms. The molecule has 0 aromatic rings. The van der Waals surface area contributed by atoms with Gasteiger partial charge in [-0.25, -0.2) is 4.79 Å². The van der Waals surface area contributed by atoms with E-state index in [-0.39, 0.29) is 5.92 Å². The third kappa shape index (κ3) is 2.69. The first-order valence-electron chi connectivity index (χ1n) is 4.83. The lowest BCUT2D eigenvalue weighted by atomic mass is 9.71. The van der Waals surface area contributed by atoms with Crippen molar-refractivity contribution in [2.24, 2.45) is 11.3 Å². The number of rotatable bonds is 2. The van der Waals surface area contributed by atoms with Crippen molar-refractivity contribution in [3.8, 4) is 0 Å².